The first-order valence-electron chi connectivity index (χ1n) is 24.6. The summed E-state index contributed by atoms with van der Waals surface area (Å²) >= 11 is 0. The van der Waals surface area contributed by atoms with Crippen LogP contribution in [0.25, 0.3) is 0 Å². The lowest BCUT2D eigenvalue weighted by molar-refractivity contribution is 0.0447. The standard InChI is InChI=1S/C57H90FNO4/c1-17-19-21-23-25-27-31-62-51-45(53(5,6)7)35-42(36-46(51)54(8,9)10)57(61,50(33-40(3)4)59-39-41-34-44(58)29-30-49(41)60)43-37-47(55(11,12)13)52(48(38-43)56(14,15)16)63-32-28-26-24-22-20-18-2/h29-30,34-40,50,60-61H,17-28,31-33H2,1-16H3. The Morgan fingerprint density at radius 3 is 1.29 bits per heavy atom. The molecule has 354 valence electrons. The second-order valence-electron chi connectivity index (χ2n) is 22.9. The van der Waals surface area contributed by atoms with Gasteiger partial charge < -0.3 is 19.7 Å². The fourth-order valence-corrected chi connectivity index (χ4v) is 8.49. The number of aromatic hydroxyl groups is 1. The van der Waals surface area contributed by atoms with Crippen LogP contribution in [-0.2, 0) is 27.3 Å². The summed E-state index contributed by atoms with van der Waals surface area (Å²) in [5.74, 6) is 1.39. The molecule has 0 aliphatic carbocycles. The van der Waals surface area contributed by atoms with Crippen molar-refractivity contribution in [3.8, 4) is 17.2 Å². The molecule has 0 amide bonds. The van der Waals surface area contributed by atoms with Gasteiger partial charge in [0, 0.05) is 34.0 Å². The van der Waals surface area contributed by atoms with E-state index in [9.17, 15) is 14.6 Å². The van der Waals surface area contributed by atoms with Crippen LogP contribution in [0.1, 0.15) is 233 Å². The number of hydrogen-bond donors (Lipinski definition) is 2. The second-order valence-corrected chi connectivity index (χ2v) is 22.9. The number of nitrogens with zero attached hydrogens (tertiary/aromatic N) is 1. The van der Waals surface area contributed by atoms with Crippen LogP contribution < -0.4 is 9.47 Å². The van der Waals surface area contributed by atoms with Gasteiger partial charge in [0.15, 0.2) is 0 Å². The molecule has 0 saturated heterocycles. The van der Waals surface area contributed by atoms with Crippen LogP contribution in [0.3, 0.4) is 0 Å². The number of hydrogen-bond acceptors (Lipinski definition) is 5. The minimum atomic E-state index is -1.68. The lowest BCUT2D eigenvalue weighted by atomic mass is 9.69. The normalized spacial score (nSPS) is 13.6. The van der Waals surface area contributed by atoms with E-state index in [-0.39, 0.29) is 38.9 Å². The summed E-state index contributed by atoms with van der Waals surface area (Å²) in [6.45, 7) is 36.7. The summed E-state index contributed by atoms with van der Waals surface area (Å²) in [4.78, 5) is 5.19. The van der Waals surface area contributed by atoms with Gasteiger partial charge in [0.1, 0.15) is 28.7 Å². The van der Waals surface area contributed by atoms with Gasteiger partial charge >= 0.3 is 0 Å². The molecule has 2 N–H and O–H groups in total. The van der Waals surface area contributed by atoms with E-state index in [2.05, 4.69) is 135 Å². The molecule has 0 radical (unpaired) electrons. The zero-order valence-corrected chi connectivity index (χ0v) is 42.9. The Labute approximate surface area is 385 Å². The molecule has 1 atom stereocenters. The fraction of sp³-hybridized carbons (Fsp3) is 0.667. The van der Waals surface area contributed by atoms with Gasteiger partial charge in [-0.2, -0.15) is 0 Å². The lowest BCUT2D eigenvalue weighted by Gasteiger charge is -2.41. The molecular formula is C57H90FNO4. The van der Waals surface area contributed by atoms with Crippen molar-refractivity contribution in [3.05, 3.63) is 87.2 Å². The minimum Gasteiger partial charge on any atom is -0.507 e. The zero-order valence-electron chi connectivity index (χ0n) is 42.9. The number of benzene rings is 3. The molecule has 0 aromatic heterocycles. The van der Waals surface area contributed by atoms with Crippen molar-refractivity contribution < 1.29 is 24.1 Å². The molecule has 63 heavy (non-hydrogen) atoms. The maximum absolute atomic E-state index is 14.7. The first-order valence-corrected chi connectivity index (χ1v) is 24.6. The predicted molar refractivity (Wildman–Crippen MR) is 267 cm³/mol. The lowest BCUT2D eigenvalue weighted by Crippen LogP contribution is -2.42. The molecule has 0 saturated carbocycles. The van der Waals surface area contributed by atoms with Crippen LogP contribution in [0.4, 0.5) is 4.39 Å². The highest BCUT2D eigenvalue weighted by Gasteiger charge is 2.45. The molecule has 5 nitrogen and oxygen atoms in total. The van der Waals surface area contributed by atoms with Crippen molar-refractivity contribution in [2.75, 3.05) is 13.2 Å². The highest BCUT2D eigenvalue weighted by Crippen LogP contribution is 2.49. The third kappa shape index (κ3) is 15.4. The molecule has 0 heterocycles. The molecule has 0 spiro atoms. The summed E-state index contributed by atoms with van der Waals surface area (Å²) in [5, 5.41) is 25.2. The highest BCUT2D eigenvalue weighted by atomic mass is 19.1. The monoisotopic (exact) mass is 872 g/mol. The quantitative estimate of drug-likeness (QED) is 0.0736. The number of unbranched alkanes of at least 4 members (excludes halogenated alkanes) is 10. The predicted octanol–water partition coefficient (Wildman–Crippen LogP) is 16.0. The number of rotatable bonds is 23. The number of aliphatic hydroxyl groups is 1. The Kier molecular flexibility index (Phi) is 19.9. The van der Waals surface area contributed by atoms with Crippen molar-refractivity contribution in [1.82, 2.24) is 0 Å². The highest BCUT2D eigenvalue weighted by molar-refractivity contribution is 5.83. The van der Waals surface area contributed by atoms with Crippen LogP contribution in [0.2, 0.25) is 0 Å². The first kappa shape index (κ1) is 54.0. The number of aliphatic imine (C=N–C) groups is 1. The molecule has 0 fully saturated rings. The summed E-state index contributed by atoms with van der Waals surface area (Å²) < 4.78 is 28.4. The summed E-state index contributed by atoms with van der Waals surface area (Å²) in [7, 11) is 0. The molecule has 0 aliphatic rings. The number of halogens is 1. The Hall–Kier alpha value is -3.38. The van der Waals surface area contributed by atoms with Crippen molar-refractivity contribution >= 4 is 6.21 Å². The number of phenolic OH excluding ortho intramolecular Hbond substituents is 1. The van der Waals surface area contributed by atoms with Crippen LogP contribution >= 0.6 is 0 Å². The third-order valence-corrected chi connectivity index (χ3v) is 12.3. The van der Waals surface area contributed by atoms with Crippen LogP contribution in [0.5, 0.6) is 17.2 Å². The second kappa shape index (κ2) is 23.2. The van der Waals surface area contributed by atoms with Crippen molar-refractivity contribution in [2.45, 2.75) is 228 Å². The molecule has 0 bridgehead atoms. The van der Waals surface area contributed by atoms with E-state index >= 15 is 0 Å². The van der Waals surface area contributed by atoms with Gasteiger partial charge in [-0.3, -0.25) is 4.99 Å². The van der Waals surface area contributed by atoms with E-state index in [0.29, 0.717) is 19.6 Å². The van der Waals surface area contributed by atoms with E-state index in [4.69, 9.17) is 14.5 Å². The SMILES string of the molecule is CCCCCCCCOc1c(C(C)(C)C)cc(C(O)(c2cc(C(C)(C)C)c(OCCCCCCCC)c(C(C)(C)C)c2)C(CC(C)C)N=Cc2cc(F)ccc2O)cc1C(C)(C)C. The van der Waals surface area contributed by atoms with Gasteiger partial charge in [0.05, 0.1) is 19.3 Å². The van der Waals surface area contributed by atoms with E-state index in [1.807, 2.05) is 0 Å². The van der Waals surface area contributed by atoms with Crippen LogP contribution in [-0.4, -0.2) is 35.7 Å². The van der Waals surface area contributed by atoms with E-state index in [1.165, 1.54) is 75.8 Å². The zero-order chi connectivity index (χ0) is 47.4. The van der Waals surface area contributed by atoms with Crippen molar-refractivity contribution in [1.29, 1.82) is 0 Å². The van der Waals surface area contributed by atoms with Gasteiger partial charge in [0.2, 0.25) is 0 Å². The summed E-state index contributed by atoms with van der Waals surface area (Å²) in [6.07, 6.45) is 16.2. The molecule has 1 unspecified atom stereocenters. The molecule has 0 aliphatic heterocycles. The Bertz CT molecular complexity index is 1730. The largest absolute Gasteiger partial charge is 0.507 e. The van der Waals surface area contributed by atoms with Crippen LogP contribution in [0, 0.1) is 11.7 Å². The minimum absolute atomic E-state index is 0.0687. The van der Waals surface area contributed by atoms with E-state index in [1.54, 1.807) is 0 Å². The third-order valence-electron chi connectivity index (χ3n) is 12.3. The number of phenols is 1. The Balaban J connectivity index is 2.50. The molecule has 3 aromatic rings. The Morgan fingerprint density at radius 1 is 0.571 bits per heavy atom. The fourth-order valence-electron chi connectivity index (χ4n) is 8.49. The van der Waals surface area contributed by atoms with Gasteiger partial charge in [0.25, 0.3) is 0 Å². The van der Waals surface area contributed by atoms with Crippen molar-refractivity contribution in [3.63, 3.8) is 0 Å². The smallest absolute Gasteiger partial charge is 0.137 e. The average Bonchev–Trinajstić information content (AvgIpc) is 3.17. The molecule has 3 rings (SSSR count). The Morgan fingerprint density at radius 2 is 0.937 bits per heavy atom. The number of ether oxygens (including phenoxy) is 2. The van der Waals surface area contributed by atoms with Gasteiger partial charge in [-0.15, -0.1) is 0 Å². The first-order chi connectivity index (χ1) is 29.3. The molecule has 3 aromatic carbocycles. The molecule has 6 heteroatoms. The summed E-state index contributed by atoms with van der Waals surface area (Å²) in [5.41, 5.74) is 2.86. The van der Waals surface area contributed by atoms with Gasteiger partial charge in [-0.05, 0) is 100 Å². The van der Waals surface area contributed by atoms with Crippen LogP contribution in [0.15, 0.2) is 47.5 Å². The maximum Gasteiger partial charge on any atom is 0.137 e. The average molecular weight is 872 g/mol. The molecular weight excluding hydrogens is 782 g/mol. The maximum atomic E-state index is 14.7. The van der Waals surface area contributed by atoms with E-state index in [0.717, 1.165) is 70.6 Å². The van der Waals surface area contributed by atoms with Gasteiger partial charge in [-0.1, -0.05) is 175 Å². The van der Waals surface area contributed by atoms with Gasteiger partial charge in [-0.25, -0.2) is 4.39 Å². The van der Waals surface area contributed by atoms with E-state index < -0.39 is 17.5 Å². The topological polar surface area (TPSA) is 71.3 Å². The summed E-state index contributed by atoms with van der Waals surface area (Å²) in [6, 6.07) is 11.8. The van der Waals surface area contributed by atoms with Crippen molar-refractivity contribution in [2.24, 2.45) is 10.9 Å².